The van der Waals surface area contributed by atoms with Crippen molar-refractivity contribution in [2.24, 2.45) is 5.92 Å². The van der Waals surface area contributed by atoms with E-state index < -0.39 is 17.8 Å². The first-order valence-corrected chi connectivity index (χ1v) is 8.10. The SMILES string of the molecule is CN(C(=O)C(Cc1ccccc1)C(=O)O)c1cccc2ccccc12. The Kier molecular flexibility index (Phi) is 4.80. The standard InChI is InChI=1S/C21H19NO3/c1-22(19-13-7-11-16-10-5-6-12-17(16)19)20(23)18(21(24)25)14-15-8-3-2-4-9-15/h2-13,18H,14H2,1H3,(H,24,25). The number of carbonyl (C=O) groups excluding carboxylic acids is 1. The molecule has 25 heavy (non-hydrogen) atoms. The van der Waals surface area contributed by atoms with Crippen molar-refractivity contribution in [2.75, 3.05) is 11.9 Å². The van der Waals surface area contributed by atoms with Crippen molar-refractivity contribution < 1.29 is 14.7 Å². The predicted molar refractivity (Wildman–Crippen MR) is 98.6 cm³/mol. The van der Waals surface area contributed by atoms with Crippen molar-refractivity contribution in [1.29, 1.82) is 0 Å². The number of carboxylic acid groups (broad SMARTS) is 1. The zero-order chi connectivity index (χ0) is 17.8. The second kappa shape index (κ2) is 7.18. The van der Waals surface area contributed by atoms with E-state index in [1.165, 1.54) is 4.90 Å². The Hall–Kier alpha value is -3.14. The Balaban J connectivity index is 1.92. The maximum atomic E-state index is 12.9. The molecule has 0 heterocycles. The van der Waals surface area contributed by atoms with Gasteiger partial charge in [0.2, 0.25) is 5.91 Å². The van der Waals surface area contributed by atoms with E-state index in [0.29, 0.717) is 5.69 Å². The molecule has 4 heteroatoms. The highest BCUT2D eigenvalue weighted by molar-refractivity contribution is 6.09. The van der Waals surface area contributed by atoms with Crippen LogP contribution in [0.1, 0.15) is 5.56 Å². The molecule has 0 aliphatic carbocycles. The minimum Gasteiger partial charge on any atom is -0.481 e. The Labute approximate surface area is 146 Å². The van der Waals surface area contributed by atoms with Gasteiger partial charge in [-0.25, -0.2) is 0 Å². The Morgan fingerprint density at radius 1 is 0.920 bits per heavy atom. The van der Waals surface area contributed by atoms with E-state index in [9.17, 15) is 14.7 Å². The van der Waals surface area contributed by atoms with Crippen LogP contribution in [0.5, 0.6) is 0 Å². The van der Waals surface area contributed by atoms with Gasteiger partial charge in [0.15, 0.2) is 0 Å². The second-order valence-corrected chi connectivity index (χ2v) is 5.98. The second-order valence-electron chi connectivity index (χ2n) is 5.98. The lowest BCUT2D eigenvalue weighted by atomic mass is 9.97. The van der Waals surface area contributed by atoms with Gasteiger partial charge in [-0.3, -0.25) is 9.59 Å². The Morgan fingerprint density at radius 2 is 1.56 bits per heavy atom. The summed E-state index contributed by atoms with van der Waals surface area (Å²) in [5.74, 6) is -2.65. The third-order valence-corrected chi connectivity index (χ3v) is 4.34. The van der Waals surface area contributed by atoms with Crippen molar-refractivity contribution in [3.63, 3.8) is 0 Å². The van der Waals surface area contributed by atoms with Crippen molar-refractivity contribution in [2.45, 2.75) is 6.42 Å². The molecular weight excluding hydrogens is 314 g/mol. The van der Waals surface area contributed by atoms with Gasteiger partial charge in [-0.1, -0.05) is 66.7 Å². The number of carbonyl (C=O) groups is 2. The van der Waals surface area contributed by atoms with E-state index in [0.717, 1.165) is 16.3 Å². The van der Waals surface area contributed by atoms with Crippen LogP contribution < -0.4 is 4.90 Å². The molecule has 0 fully saturated rings. The molecule has 0 saturated carbocycles. The summed E-state index contributed by atoms with van der Waals surface area (Å²) in [4.78, 5) is 26.0. The number of aliphatic carboxylic acids is 1. The van der Waals surface area contributed by atoms with E-state index in [1.807, 2.05) is 72.8 Å². The fourth-order valence-corrected chi connectivity index (χ4v) is 2.98. The molecule has 1 amide bonds. The third kappa shape index (κ3) is 3.53. The van der Waals surface area contributed by atoms with Crippen LogP contribution >= 0.6 is 0 Å². The van der Waals surface area contributed by atoms with E-state index in [-0.39, 0.29) is 6.42 Å². The Bertz CT molecular complexity index is 900. The van der Waals surface area contributed by atoms with E-state index in [2.05, 4.69) is 0 Å². The first-order valence-electron chi connectivity index (χ1n) is 8.10. The molecule has 0 bridgehead atoms. The molecule has 0 saturated heterocycles. The summed E-state index contributed by atoms with van der Waals surface area (Å²) in [6.45, 7) is 0. The average Bonchev–Trinajstić information content (AvgIpc) is 2.65. The van der Waals surface area contributed by atoms with E-state index >= 15 is 0 Å². The molecular formula is C21H19NO3. The number of benzene rings is 3. The molecule has 0 aromatic heterocycles. The number of hydrogen-bond donors (Lipinski definition) is 1. The molecule has 3 aromatic carbocycles. The molecule has 4 nitrogen and oxygen atoms in total. The maximum Gasteiger partial charge on any atom is 0.316 e. The number of fused-ring (bicyclic) bond motifs is 1. The fourth-order valence-electron chi connectivity index (χ4n) is 2.98. The summed E-state index contributed by atoms with van der Waals surface area (Å²) >= 11 is 0. The first kappa shape index (κ1) is 16.7. The molecule has 3 rings (SSSR count). The van der Waals surface area contributed by atoms with Crippen molar-refractivity contribution in [3.05, 3.63) is 78.4 Å². The molecule has 3 aromatic rings. The third-order valence-electron chi connectivity index (χ3n) is 4.34. The van der Waals surface area contributed by atoms with Crippen LogP contribution in [0.2, 0.25) is 0 Å². The minimum absolute atomic E-state index is 0.171. The lowest BCUT2D eigenvalue weighted by Gasteiger charge is -2.23. The summed E-state index contributed by atoms with van der Waals surface area (Å²) < 4.78 is 0. The van der Waals surface area contributed by atoms with Gasteiger partial charge in [0.25, 0.3) is 0 Å². The molecule has 126 valence electrons. The molecule has 1 N–H and O–H groups in total. The summed E-state index contributed by atoms with van der Waals surface area (Å²) in [5, 5.41) is 11.5. The Morgan fingerprint density at radius 3 is 2.28 bits per heavy atom. The number of rotatable bonds is 5. The number of carboxylic acids is 1. The quantitative estimate of drug-likeness (QED) is 0.724. The van der Waals surface area contributed by atoms with Crippen LogP contribution in [0.3, 0.4) is 0 Å². The zero-order valence-corrected chi connectivity index (χ0v) is 13.9. The predicted octanol–water partition coefficient (Wildman–Crippen LogP) is 3.75. The van der Waals surface area contributed by atoms with Gasteiger partial charge in [-0.05, 0) is 23.4 Å². The fraction of sp³-hybridized carbons (Fsp3) is 0.143. The van der Waals surface area contributed by atoms with E-state index in [4.69, 9.17) is 0 Å². The van der Waals surface area contributed by atoms with Gasteiger partial charge < -0.3 is 10.0 Å². The molecule has 0 spiro atoms. The largest absolute Gasteiger partial charge is 0.481 e. The topological polar surface area (TPSA) is 57.6 Å². The first-order chi connectivity index (χ1) is 12.1. The monoisotopic (exact) mass is 333 g/mol. The van der Waals surface area contributed by atoms with Crippen molar-refractivity contribution in [1.82, 2.24) is 0 Å². The zero-order valence-electron chi connectivity index (χ0n) is 13.9. The van der Waals surface area contributed by atoms with Crippen LogP contribution in [0.4, 0.5) is 5.69 Å². The number of nitrogens with zero attached hydrogens (tertiary/aromatic N) is 1. The van der Waals surface area contributed by atoms with Gasteiger partial charge in [-0.2, -0.15) is 0 Å². The lowest BCUT2D eigenvalue weighted by molar-refractivity contribution is -0.146. The minimum atomic E-state index is -1.12. The van der Waals surface area contributed by atoms with Crippen LogP contribution in [-0.2, 0) is 16.0 Å². The summed E-state index contributed by atoms with van der Waals surface area (Å²) in [6, 6.07) is 22.6. The molecule has 1 atom stereocenters. The normalized spacial score (nSPS) is 11.9. The van der Waals surface area contributed by atoms with Gasteiger partial charge in [0.1, 0.15) is 5.92 Å². The molecule has 1 unspecified atom stereocenters. The highest BCUT2D eigenvalue weighted by atomic mass is 16.4. The van der Waals surface area contributed by atoms with Crippen molar-refractivity contribution >= 4 is 28.3 Å². The van der Waals surface area contributed by atoms with Crippen LogP contribution in [0, 0.1) is 5.92 Å². The van der Waals surface area contributed by atoms with Gasteiger partial charge in [0.05, 0.1) is 5.69 Å². The molecule has 0 aliphatic heterocycles. The van der Waals surface area contributed by atoms with Gasteiger partial charge in [-0.15, -0.1) is 0 Å². The van der Waals surface area contributed by atoms with Crippen LogP contribution in [-0.4, -0.2) is 24.0 Å². The highest BCUT2D eigenvalue weighted by Gasteiger charge is 2.30. The average molecular weight is 333 g/mol. The summed E-state index contributed by atoms with van der Waals surface area (Å²) in [5.41, 5.74) is 1.54. The summed E-state index contributed by atoms with van der Waals surface area (Å²) in [6.07, 6.45) is 0.171. The number of amides is 1. The molecule has 0 radical (unpaired) electrons. The van der Waals surface area contributed by atoms with Crippen LogP contribution in [0.25, 0.3) is 10.8 Å². The lowest BCUT2D eigenvalue weighted by Crippen LogP contribution is -2.38. The van der Waals surface area contributed by atoms with Gasteiger partial charge in [0, 0.05) is 12.4 Å². The van der Waals surface area contributed by atoms with E-state index in [1.54, 1.807) is 7.05 Å². The summed E-state index contributed by atoms with van der Waals surface area (Å²) in [7, 11) is 1.63. The van der Waals surface area contributed by atoms with Gasteiger partial charge >= 0.3 is 5.97 Å². The molecule has 0 aliphatic rings. The number of hydrogen-bond acceptors (Lipinski definition) is 2. The maximum absolute atomic E-state index is 12.9. The van der Waals surface area contributed by atoms with Crippen LogP contribution in [0.15, 0.2) is 72.8 Å². The smallest absolute Gasteiger partial charge is 0.316 e. The van der Waals surface area contributed by atoms with Crippen molar-refractivity contribution in [3.8, 4) is 0 Å². The highest BCUT2D eigenvalue weighted by Crippen LogP contribution is 2.27. The number of anilines is 1.